The number of carbonyl (C=O) groups excluding carboxylic acids is 2. The van der Waals surface area contributed by atoms with Gasteiger partial charge in [-0.15, -0.1) is 22.7 Å². The fourth-order valence-corrected chi connectivity index (χ4v) is 3.87. The molecule has 0 saturated carbocycles. The number of carbonyl (C=O) groups is 2. The van der Waals surface area contributed by atoms with Gasteiger partial charge in [0.25, 0.3) is 5.91 Å². The van der Waals surface area contributed by atoms with E-state index in [1.165, 1.54) is 22.7 Å². The minimum atomic E-state index is -0.161. The van der Waals surface area contributed by atoms with Crippen molar-refractivity contribution in [2.45, 2.75) is 40.0 Å². The van der Waals surface area contributed by atoms with Crippen LogP contribution in [0, 0.1) is 5.92 Å². The number of rotatable bonds is 9. The predicted octanol–water partition coefficient (Wildman–Crippen LogP) is 4.28. The zero-order chi connectivity index (χ0) is 18.2. The van der Waals surface area contributed by atoms with Crippen LogP contribution >= 0.6 is 22.7 Å². The third-order valence-electron chi connectivity index (χ3n) is 4.22. The fourth-order valence-electron chi connectivity index (χ4n) is 2.54. The maximum absolute atomic E-state index is 12.5. The first-order valence-electron chi connectivity index (χ1n) is 8.64. The lowest BCUT2D eigenvalue weighted by Gasteiger charge is -2.25. The van der Waals surface area contributed by atoms with Crippen LogP contribution in [-0.2, 0) is 11.2 Å². The Bertz CT molecular complexity index is 678. The van der Waals surface area contributed by atoms with Crippen LogP contribution in [0.4, 0.5) is 5.13 Å². The van der Waals surface area contributed by atoms with Crippen molar-refractivity contribution in [3.05, 3.63) is 33.5 Å². The van der Waals surface area contributed by atoms with E-state index in [4.69, 9.17) is 0 Å². The smallest absolute Gasteiger partial charge is 0.267 e. The Balaban J connectivity index is 1.92. The molecule has 136 valence electrons. The van der Waals surface area contributed by atoms with Gasteiger partial charge >= 0.3 is 0 Å². The minimum Gasteiger partial charge on any atom is -0.342 e. The van der Waals surface area contributed by atoms with Crippen LogP contribution < -0.4 is 5.32 Å². The van der Waals surface area contributed by atoms with Crippen molar-refractivity contribution in [2.75, 3.05) is 18.4 Å². The molecule has 25 heavy (non-hydrogen) atoms. The Labute approximate surface area is 157 Å². The molecule has 0 aliphatic carbocycles. The Morgan fingerprint density at radius 2 is 2.00 bits per heavy atom. The summed E-state index contributed by atoms with van der Waals surface area (Å²) in [5, 5.41) is 7.02. The Morgan fingerprint density at radius 3 is 2.60 bits per heavy atom. The molecule has 0 unspecified atom stereocenters. The molecule has 0 atom stereocenters. The van der Waals surface area contributed by atoms with Crippen molar-refractivity contribution >= 4 is 39.6 Å². The van der Waals surface area contributed by atoms with E-state index in [9.17, 15) is 9.59 Å². The van der Waals surface area contributed by atoms with E-state index in [-0.39, 0.29) is 18.2 Å². The summed E-state index contributed by atoms with van der Waals surface area (Å²) in [7, 11) is 0. The normalized spacial score (nSPS) is 10.9. The fraction of sp³-hybridized carbons (Fsp3) is 0.500. The number of nitrogens with one attached hydrogen (secondary N) is 1. The molecule has 2 aromatic rings. The number of nitrogens with zero attached hydrogens (tertiary/aromatic N) is 2. The van der Waals surface area contributed by atoms with E-state index in [1.54, 1.807) is 6.07 Å². The lowest BCUT2D eigenvalue weighted by molar-refractivity contribution is -0.131. The first kappa shape index (κ1) is 19.6. The Kier molecular flexibility index (Phi) is 7.58. The molecule has 0 fully saturated rings. The number of thiazole rings is 1. The summed E-state index contributed by atoms with van der Waals surface area (Å²) in [5.41, 5.74) is 0.708. The molecule has 2 amide bonds. The third kappa shape index (κ3) is 5.64. The highest BCUT2D eigenvalue weighted by molar-refractivity contribution is 7.14. The number of likely N-dealkylation sites (N-methyl/N-ethyl adjacent to an activating group) is 1. The molecular weight excluding hydrogens is 354 g/mol. The molecular formula is C18H25N3O2S2. The molecule has 0 radical (unpaired) electrons. The van der Waals surface area contributed by atoms with Crippen molar-refractivity contribution in [3.63, 3.8) is 0 Å². The van der Waals surface area contributed by atoms with Crippen LogP contribution in [0.25, 0.3) is 0 Å². The number of hydrogen-bond donors (Lipinski definition) is 1. The van der Waals surface area contributed by atoms with Gasteiger partial charge in [0, 0.05) is 18.5 Å². The first-order valence-corrected chi connectivity index (χ1v) is 10.4. The zero-order valence-electron chi connectivity index (χ0n) is 14.9. The summed E-state index contributed by atoms with van der Waals surface area (Å²) in [4.78, 5) is 31.5. The average molecular weight is 380 g/mol. The van der Waals surface area contributed by atoms with Gasteiger partial charge in [0.2, 0.25) is 5.91 Å². The van der Waals surface area contributed by atoms with Gasteiger partial charge in [-0.05, 0) is 24.3 Å². The molecule has 2 rings (SSSR count). The van der Waals surface area contributed by atoms with Gasteiger partial charge in [0.15, 0.2) is 5.13 Å². The molecule has 2 aromatic heterocycles. The van der Waals surface area contributed by atoms with Crippen LogP contribution in [-0.4, -0.2) is 34.8 Å². The van der Waals surface area contributed by atoms with Gasteiger partial charge in [-0.3, -0.25) is 14.9 Å². The van der Waals surface area contributed by atoms with Gasteiger partial charge in [0.05, 0.1) is 17.0 Å². The van der Waals surface area contributed by atoms with Crippen molar-refractivity contribution in [1.82, 2.24) is 9.88 Å². The molecule has 0 saturated heterocycles. The Hall–Kier alpha value is -1.73. The molecule has 0 bridgehead atoms. The van der Waals surface area contributed by atoms with Crippen LogP contribution in [0.15, 0.2) is 22.9 Å². The topological polar surface area (TPSA) is 62.3 Å². The second-order valence-electron chi connectivity index (χ2n) is 5.87. The number of anilines is 1. The zero-order valence-corrected chi connectivity index (χ0v) is 16.6. The van der Waals surface area contributed by atoms with Crippen molar-refractivity contribution < 1.29 is 9.59 Å². The van der Waals surface area contributed by atoms with Crippen LogP contribution in [0.3, 0.4) is 0 Å². The highest BCUT2D eigenvalue weighted by atomic mass is 32.1. The monoisotopic (exact) mass is 379 g/mol. The van der Waals surface area contributed by atoms with Gasteiger partial charge in [-0.2, -0.15) is 0 Å². The third-order valence-corrected chi connectivity index (χ3v) is 5.89. The minimum absolute atomic E-state index is 0.0934. The van der Waals surface area contributed by atoms with Crippen molar-refractivity contribution in [3.8, 4) is 0 Å². The lowest BCUT2D eigenvalue weighted by Crippen LogP contribution is -2.36. The average Bonchev–Trinajstić information content (AvgIpc) is 3.28. The summed E-state index contributed by atoms with van der Waals surface area (Å²) in [6.07, 6.45) is 2.44. The molecule has 0 aliphatic heterocycles. The maximum atomic E-state index is 12.5. The van der Waals surface area contributed by atoms with Gasteiger partial charge < -0.3 is 4.90 Å². The maximum Gasteiger partial charge on any atom is 0.267 e. The second-order valence-corrected chi connectivity index (χ2v) is 7.67. The molecule has 0 aromatic carbocycles. The molecule has 2 heterocycles. The summed E-state index contributed by atoms with van der Waals surface area (Å²) >= 11 is 2.74. The molecule has 7 heteroatoms. The van der Waals surface area contributed by atoms with E-state index in [1.807, 2.05) is 28.7 Å². The Morgan fingerprint density at radius 1 is 1.24 bits per heavy atom. The summed E-state index contributed by atoms with van der Waals surface area (Å²) < 4.78 is 0. The summed E-state index contributed by atoms with van der Waals surface area (Å²) in [6.45, 7) is 7.84. The number of hydrogen-bond acceptors (Lipinski definition) is 5. The van der Waals surface area contributed by atoms with E-state index in [0.29, 0.717) is 28.2 Å². The lowest BCUT2D eigenvalue weighted by atomic mass is 10.0. The quantitative estimate of drug-likeness (QED) is 0.707. The number of thiophene rings is 1. The highest BCUT2D eigenvalue weighted by Crippen LogP contribution is 2.19. The van der Waals surface area contributed by atoms with E-state index >= 15 is 0 Å². The van der Waals surface area contributed by atoms with Crippen LogP contribution in [0.2, 0.25) is 0 Å². The largest absolute Gasteiger partial charge is 0.342 e. The van der Waals surface area contributed by atoms with E-state index < -0.39 is 0 Å². The first-order chi connectivity index (χ1) is 12.1. The van der Waals surface area contributed by atoms with Crippen LogP contribution in [0.5, 0.6) is 0 Å². The number of amides is 2. The highest BCUT2D eigenvalue weighted by Gasteiger charge is 2.18. The van der Waals surface area contributed by atoms with Gasteiger partial charge in [-0.1, -0.05) is 32.8 Å². The SMILES string of the molecule is CCC(CC)CN(CC)C(=O)Cc1csc(NC(=O)c2cccs2)n1. The molecule has 0 spiro atoms. The van der Waals surface area contributed by atoms with Crippen molar-refractivity contribution in [2.24, 2.45) is 5.92 Å². The van der Waals surface area contributed by atoms with E-state index in [0.717, 1.165) is 19.4 Å². The van der Waals surface area contributed by atoms with Crippen molar-refractivity contribution in [1.29, 1.82) is 0 Å². The molecule has 5 nitrogen and oxygen atoms in total. The van der Waals surface area contributed by atoms with Gasteiger partial charge in [-0.25, -0.2) is 4.98 Å². The summed E-state index contributed by atoms with van der Waals surface area (Å²) in [5.74, 6) is 0.474. The standard InChI is InChI=1S/C18H25N3O2S2/c1-4-13(5-2)11-21(6-3)16(22)10-14-12-25-18(19-14)20-17(23)15-8-7-9-24-15/h7-9,12-13H,4-6,10-11H2,1-3H3,(H,19,20,23). The van der Waals surface area contributed by atoms with Gasteiger partial charge in [0.1, 0.15) is 0 Å². The van der Waals surface area contributed by atoms with E-state index in [2.05, 4.69) is 24.1 Å². The van der Waals surface area contributed by atoms with Crippen LogP contribution in [0.1, 0.15) is 49.0 Å². The molecule has 1 N–H and O–H groups in total. The summed E-state index contributed by atoms with van der Waals surface area (Å²) in [6, 6.07) is 3.61. The predicted molar refractivity (Wildman–Crippen MR) is 104 cm³/mol. The second kappa shape index (κ2) is 9.68. The molecule has 0 aliphatic rings. The number of aromatic nitrogens is 1.